The number of hydrogen-bond donors (Lipinski definition) is 1. The van der Waals surface area contributed by atoms with E-state index in [9.17, 15) is 5.11 Å². The van der Waals surface area contributed by atoms with Gasteiger partial charge in [-0.25, -0.2) is 0 Å². The lowest BCUT2D eigenvalue weighted by Crippen LogP contribution is -2.33. The summed E-state index contributed by atoms with van der Waals surface area (Å²) in [5.41, 5.74) is -0.0468. The maximum absolute atomic E-state index is 10.3. The van der Waals surface area contributed by atoms with E-state index in [1.54, 1.807) is 26.4 Å². The molecule has 0 unspecified atom stereocenters. The van der Waals surface area contributed by atoms with Crippen LogP contribution in [-0.4, -0.2) is 19.3 Å². The molecule has 88 valence electrons. The Morgan fingerprint density at radius 3 is 2.19 bits per heavy atom. The maximum atomic E-state index is 10.3. The molecule has 1 saturated carbocycles. The monoisotopic (exact) mass is 242 g/mol. The molecule has 1 aromatic rings. The van der Waals surface area contributed by atoms with Crippen LogP contribution in [0, 0.1) is 0 Å². The van der Waals surface area contributed by atoms with Gasteiger partial charge < -0.3 is 14.6 Å². The molecule has 16 heavy (non-hydrogen) atoms. The average molecular weight is 243 g/mol. The largest absolute Gasteiger partial charge is 0.493 e. The molecule has 1 aliphatic carbocycles. The molecular formula is C12H15ClO3. The van der Waals surface area contributed by atoms with E-state index in [2.05, 4.69) is 0 Å². The van der Waals surface area contributed by atoms with Crippen molar-refractivity contribution < 1.29 is 14.6 Å². The molecule has 0 aromatic heterocycles. The number of benzene rings is 1. The summed E-state index contributed by atoms with van der Waals surface area (Å²) in [6.07, 6.45) is 2.53. The molecule has 0 bridgehead atoms. The van der Waals surface area contributed by atoms with Gasteiger partial charge in [-0.05, 0) is 25.3 Å². The Kier molecular flexibility index (Phi) is 3.00. The van der Waals surface area contributed by atoms with Crippen molar-refractivity contribution >= 4 is 11.6 Å². The van der Waals surface area contributed by atoms with E-state index in [0.717, 1.165) is 24.8 Å². The van der Waals surface area contributed by atoms with Gasteiger partial charge in [-0.3, -0.25) is 0 Å². The van der Waals surface area contributed by atoms with Crippen molar-refractivity contribution in [3.8, 4) is 11.5 Å². The molecule has 2 rings (SSSR count). The van der Waals surface area contributed by atoms with Crippen LogP contribution >= 0.6 is 11.6 Å². The smallest absolute Gasteiger partial charge is 0.162 e. The lowest BCUT2D eigenvalue weighted by molar-refractivity contribution is -0.0388. The number of ether oxygens (including phenoxy) is 2. The van der Waals surface area contributed by atoms with Crippen LogP contribution in [0.25, 0.3) is 0 Å². The third kappa shape index (κ3) is 1.74. The van der Waals surface area contributed by atoms with Crippen LogP contribution in [0.5, 0.6) is 11.5 Å². The topological polar surface area (TPSA) is 38.7 Å². The van der Waals surface area contributed by atoms with E-state index >= 15 is 0 Å². The summed E-state index contributed by atoms with van der Waals surface area (Å²) in [5, 5.41) is 10.8. The molecule has 1 N–H and O–H groups in total. The third-order valence-electron chi connectivity index (χ3n) is 3.16. The number of halogens is 1. The van der Waals surface area contributed by atoms with Crippen molar-refractivity contribution in [1.82, 2.24) is 0 Å². The van der Waals surface area contributed by atoms with Crippen molar-refractivity contribution in [2.24, 2.45) is 0 Å². The van der Waals surface area contributed by atoms with Crippen LogP contribution in [0.3, 0.4) is 0 Å². The molecule has 0 spiro atoms. The molecule has 4 heteroatoms. The summed E-state index contributed by atoms with van der Waals surface area (Å²) in [7, 11) is 3.13. The Labute approximate surface area is 99.9 Å². The van der Waals surface area contributed by atoms with Crippen molar-refractivity contribution in [2.75, 3.05) is 14.2 Å². The van der Waals surface area contributed by atoms with Crippen molar-refractivity contribution in [1.29, 1.82) is 0 Å². The molecule has 0 amide bonds. The van der Waals surface area contributed by atoms with Gasteiger partial charge in [-0.1, -0.05) is 11.6 Å². The van der Waals surface area contributed by atoms with E-state index in [1.807, 2.05) is 0 Å². The van der Waals surface area contributed by atoms with Crippen molar-refractivity contribution in [2.45, 2.75) is 24.9 Å². The molecule has 3 nitrogen and oxygen atoms in total. The Hall–Kier alpha value is -0.930. The summed E-state index contributed by atoms with van der Waals surface area (Å²) in [4.78, 5) is 0. The molecule has 0 heterocycles. The SMILES string of the molecule is COc1cc(Cl)c(C2(O)CCC2)cc1OC. The Balaban J connectivity index is 2.46. The van der Waals surface area contributed by atoms with Gasteiger partial charge in [-0.2, -0.15) is 0 Å². The van der Waals surface area contributed by atoms with E-state index in [-0.39, 0.29) is 0 Å². The third-order valence-corrected chi connectivity index (χ3v) is 3.47. The first-order valence-electron chi connectivity index (χ1n) is 5.25. The zero-order valence-electron chi connectivity index (χ0n) is 9.42. The minimum Gasteiger partial charge on any atom is -0.493 e. The second-order valence-corrected chi connectivity index (χ2v) is 4.48. The number of methoxy groups -OCH3 is 2. The molecule has 0 saturated heterocycles. The fourth-order valence-corrected chi connectivity index (χ4v) is 2.32. The predicted octanol–water partition coefficient (Wildman–Crippen LogP) is 2.73. The normalized spacial score (nSPS) is 17.8. The van der Waals surface area contributed by atoms with Crippen LogP contribution < -0.4 is 9.47 Å². The highest BCUT2D eigenvalue weighted by Crippen LogP contribution is 2.46. The van der Waals surface area contributed by atoms with E-state index < -0.39 is 5.60 Å². The van der Waals surface area contributed by atoms with Gasteiger partial charge in [0.1, 0.15) is 0 Å². The van der Waals surface area contributed by atoms with Crippen LogP contribution in [0.15, 0.2) is 12.1 Å². The average Bonchev–Trinajstić information content (AvgIpc) is 2.25. The number of aliphatic hydroxyl groups is 1. The van der Waals surface area contributed by atoms with Gasteiger partial charge in [0.05, 0.1) is 24.8 Å². The van der Waals surface area contributed by atoms with Gasteiger partial charge in [0.15, 0.2) is 11.5 Å². The highest BCUT2D eigenvalue weighted by molar-refractivity contribution is 6.31. The minimum atomic E-state index is -0.781. The van der Waals surface area contributed by atoms with Gasteiger partial charge >= 0.3 is 0 Å². The van der Waals surface area contributed by atoms with Crippen molar-refractivity contribution in [3.63, 3.8) is 0 Å². The maximum Gasteiger partial charge on any atom is 0.162 e. The van der Waals surface area contributed by atoms with Crippen LogP contribution in [0.2, 0.25) is 5.02 Å². The molecule has 1 aliphatic rings. The first kappa shape index (κ1) is 11.6. The predicted molar refractivity (Wildman–Crippen MR) is 62.3 cm³/mol. The summed E-state index contributed by atoms with van der Waals surface area (Å²) in [6.45, 7) is 0. The van der Waals surface area contributed by atoms with Crippen LogP contribution in [0.1, 0.15) is 24.8 Å². The minimum absolute atomic E-state index is 0.528. The fraction of sp³-hybridized carbons (Fsp3) is 0.500. The van der Waals surface area contributed by atoms with Gasteiger partial charge in [0, 0.05) is 11.6 Å². The summed E-state index contributed by atoms with van der Waals surface area (Å²) in [6, 6.07) is 3.45. The lowest BCUT2D eigenvalue weighted by Gasteiger charge is -2.37. The zero-order chi connectivity index (χ0) is 11.8. The Morgan fingerprint density at radius 1 is 1.19 bits per heavy atom. The van der Waals surface area contributed by atoms with E-state index in [4.69, 9.17) is 21.1 Å². The quantitative estimate of drug-likeness (QED) is 0.886. The molecule has 0 aliphatic heterocycles. The standard InChI is InChI=1S/C12H15ClO3/c1-15-10-6-8(12(14)4-3-5-12)9(13)7-11(10)16-2/h6-7,14H,3-5H2,1-2H3. The highest BCUT2D eigenvalue weighted by atomic mass is 35.5. The zero-order valence-corrected chi connectivity index (χ0v) is 10.2. The van der Waals surface area contributed by atoms with Crippen LogP contribution in [-0.2, 0) is 5.60 Å². The van der Waals surface area contributed by atoms with Gasteiger partial charge in [0.25, 0.3) is 0 Å². The van der Waals surface area contributed by atoms with Gasteiger partial charge in [-0.15, -0.1) is 0 Å². The lowest BCUT2D eigenvalue weighted by atomic mass is 9.75. The Morgan fingerprint density at radius 2 is 1.75 bits per heavy atom. The summed E-state index contributed by atoms with van der Waals surface area (Å²) >= 11 is 6.14. The van der Waals surface area contributed by atoms with Gasteiger partial charge in [0.2, 0.25) is 0 Å². The van der Waals surface area contributed by atoms with Crippen LogP contribution in [0.4, 0.5) is 0 Å². The van der Waals surface area contributed by atoms with E-state index in [0.29, 0.717) is 16.5 Å². The first-order valence-corrected chi connectivity index (χ1v) is 5.63. The first-order chi connectivity index (χ1) is 7.60. The molecular weight excluding hydrogens is 228 g/mol. The molecule has 1 fully saturated rings. The molecule has 1 aromatic carbocycles. The van der Waals surface area contributed by atoms with Crippen molar-refractivity contribution in [3.05, 3.63) is 22.7 Å². The summed E-state index contributed by atoms with van der Waals surface area (Å²) < 4.78 is 10.3. The second-order valence-electron chi connectivity index (χ2n) is 4.07. The Bertz CT molecular complexity index is 399. The highest BCUT2D eigenvalue weighted by Gasteiger charge is 2.38. The second kappa shape index (κ2) is 4.15. The van der Waals surface area contributed by atoms with E-state index in [1.165, 1.54) is 0 Å². The molecule has 0 radical (unpaired) electrons. The summed E-state index contributed by atoms with van der Waals surface area (Å²) in [5.74, 6) is 1.18. The number of rotatable bonds is 3. The molecule has 0 atom stereocenters. The number of hydrogen-bond acceptors (Lipinski definition) is 3. The fourth-order valence-electron chi connectivity index (χ4n) is 1.99.